The zero-order valence-electron chi connectivity index (χ0n) is 25.6. The van der Waals surface area contributed by atoms with Gasteiger partial charge in [0.2, 0.25) is 11.8 Å². The molecule has 2 saturated heterocycles. The van der Waals surface area contributed by atoms with Gasteiger partial charge in [0, 0.05) is 38.7 Å². The Labute approximate surface area is 266 Å². The fourth-order valence-electron chi connectivity index (χ4n) is 5.61. The number of hydroxylamine groups is 1. The summed E-state index contributed by atoms with van der Waals surface area (Å²) in [5, 5.41) is 7.91. The van der Waals surface area contributed by atoms with Gasteiger partial charge in [0.25, 0.3) is 0 Å². The van der Waals surface area contributed by atoms with Crippen molar-refractivity contribution in [3.63, 3.8) is 0 Å². The molecule has 2 aliphatic heterocycles. The number of piperazine rings is 1. The minimum absolute atomic E-state index is 0.0231. The summed E-state index contributed by atoms with van der Waals surface area (Å²) in [6.45, 7) is 5.37. The Kier molecular flexibility index (Phi) is 8.79. The van der Waals surface area contributed by atoms with Crippen molar-refractivity contribution < 1.29 is 23.6 Å². The molecule has 2 amide bonds. The first kappa shape index (κ1) is 30.5. The number of rotatable bonds is 9. The summed E-state index contributed by atoms with van der Waals surface area (Å²) < 4.78 is 19.6. The average molecular weight is 624 g/mol. The summed E-state index contributed by atoms with van der Waals surface area (Å²) in [7, 11) is 3.32. The molecule has 46 heavy (non-hydrogen) atoms. The molecule has 236 valence electrons. The Hall–Kier alpha value is -5.49. The van der Waals surface area contributed by atoms with Crippen LogP contribution in [0, 0.1) is 5.82 Å². The Morgan fingerprint density at radius 2 is 1.87 bits per heavy atom. The molecule has 6 rings (SSSR count). The third-order valence-corrected chi connectivity index (χ3v) is 8.03. The van der Waals surface area contributed by atoms with Crippen LogP contribution in [-0.4, -0.2) is 67.1 Å². The first-order chi connectivity index (χ1) is 22.3. The maximum atomic E-state index is 13.9. The van der Waals surface area contributed by atoms with Crippen LogP contribution in [0.1, 0.15) is 18.0 Å². The number of anilines is 5. The van der Waals surface area contributed by atoms with E-state index in [9.17, 15) is 14.0 Å². The maximum absolute atomic E-state index is 13.9. The number of amides is 2. The van der Waals surface area contributed by atoms with E-state index in [1.807, 2.05) is 35.2 Å². The molecular formula is C34H34FN7O4. The van der Waals surface area contributed by atoms with E-state index in [0.717, 1.165) is 23.1 Å². The largest absolute Gasteiger partial charge is 0.494 e. The van der Waals surface area contributed by atoms with Gasteiger partial charge in [0.1, 0.15) is 23.7 Å². The van der Waals surface area contributed by atoms with Crippen molar-refractivity contribution in [2.24, 2.45) is 0 Å². The zero-order chi connectivity index (χ0) is 32.2. The van der Waals surface area contributed by atoms with E-state index in [1.54, 1.807) is 48.4 Å². The van der Waals surface area contributed by atoms with Gasteiger partial charge in [-0.15, -0.1) is 0 Å². The van der Waals surface area contributed by atoms with E-state index in [4.69, 9.17) is 9.57 Å². The van der Waals surface area contributed by atoms with Gasteiger partial charge in [-0.25, -0.2) is 19.4 Å². The predicted molar refractivity (Wildman–Crippen MR) is 175 cm³/mol. The van der Waals surface area contributed by atoms with Crippen molar-refractivity contribution in [3.8, 4) is 16.9 Å². The fraction of sp³-hybridized carbons (Fsp3) is 0.235. The lowest BCUT2D eigenvalue weighted by Gasteiger charge is -2.35. The topological polar surface area (TPSA) is 112 Å². The SMILES string of the molecule is C=CC(=O)Nc1cc(Nc2cc(N3OCCC3c3cccc(-c4cccc(F)c4)c3)ncn2)c(OC)cc1N1CCN(C)C(=O)C1. The van der Waals surface area contributed by atoms with Gasteiger partial charge < -0.3 is 25.2 Å². The number of aromatic nitrogens is 2. The molecular weight excluding hydrogens is 589 g/mol. The summed E-state index contributed by atoms with van der Waals surface area (Å²) in [6, 6.07) is 19.7. The highest BCUT2D eigenvalue weighted by Gasteiger charge is 2.30. The summed E-state index contributed by atoms with van der Waals surface area (Å²) in [4.78, 5) is 43.4. The normalized spacial score (nSPS) is 16.4. The fourth-order valence-corrected chi connectivity index (χ4v) is 5.61. The van der Waals surface area contributed by atoms with E-state index in [0.29, 0.717) is 54.1 Å². The van der Waals surface area contributed by atoms with Crippen LogP contribution >= 0.6 is 0 Å². The summed E-state index contributed by atoms with van der Waals surface area (Å²) in [5.74, 6) is 0.802. The van der Waals surface area contributed by atoms with E-state index < -0.39 is 0 Å². The molecule has 0 spiro atoms. The summed E-state index contributed by atoms with van der Waals surface area (Å²) >= 11 is 0. The monoisotopic (exact) mass is 623 g/mol. The Morgan fingerprint density at radius 3 is 2.63 bits per heavy atom. The van der Waals surface area contributed by atoms with Gasteiger partial charge in [-0.2, -0.15) is 0 Å². The first-order valence-electron chi connectivity index (χ1n) is 14.8. The van der Waals surface area contributed by atoms with Gasteiger partial charge in [-0.1, -0.05) is 36.9 Å². The molecule has 4 aromatic rings. The van der Waals surface area contributed by atoms with E-state index in [-0.39, 0.29) is 30.2 Å². The van der Waals surface area contributed by atoms with Crippen LogP contribution < -0.4 is 25.3 Å². The lowest BCUT2D eigenvalue weighted by atomic mass is 9.98. The second-order valence-corrected chi connectivity index (χ2v) is 11.0. The number of nitrogens with zero attached hydrogens (tertiary/aromatic N) is 5. The molecule has 0 radical (unpaired) electrons. The number of halogens is 1. The van der Waals surface area contributed by atoms with E-state index in [2.05, 4.69) is 27.2 Å². The second kappa shape index (κ2) is 13.2. The third-order valence-electron chi connectivity index (χ3n) is 8.03. The number of ether oxygens (including phenoxy) is 1. The number of benzene rings is 3. The third kappa shape index (κ3) is 6.47. The molecule has 1 aromatic heterocycles. The molecule has 2 fully saturated rings. The standard InChI is InChI=1S/C34H34FN7O4/c1-4-33(43)39-26-17-27(30(45-3)18-29(26)41-13-12-40(2)34(44)20-41)38-31-19-32(37-21-36-31)42-28(11-14-46-42)24-9-5-7-22(15-24)23-8-6-10-25(35)16-23/h4-10,15-19,21,28H,1,11-14,20H2,2-3H3,(H,39,43)(H,36,37,38). The molecule has 1 atom stereocenters. The summed E-state index contributed by atoms with van der Waals surface area (Å²) in [6.07, 6.45) is 3.36. The van der Waals surface area contributed by atoms with Crippen molar-refractivity contribution in [2.75, 3.05) is 61.0 Å². The van der Waals surface area contributed by atoms with Crippen LogP contribution in [0.25, 0.3) is 11.1 Å². The molecule has 3 aromatic carbocycles. The summed E-state index contributed by atoms with van der Waals surface area (Å²) in [5.41, 5.74) is 4.39. The molecule has 0 bridgehead atoms. The van der Waals surface area contributed by atoms with Gasteiger partial charge in [-0.05, 0) is 47.0 Å². The Bertz CT molecular complexity index is 1780. The molecule has 2 N–H and O–H groups in total. The van der Waals surface area contributed by atoms with Crippen molar-refractivity contribution in [1.82, 2.24) is 14.9 Å². The second-order valence-electron chi connectivity index (χ2n) is 11.0. The van der Waals surface area contributed by atoms with Crippen LogP contribution in [0.4, 0.5) is 33.1 Å². The molecule has 3 heterocycles. The molecule has 2 aliphatic rings. The number of carbonyl (C=O) groups is 2. The van der Waals surface area contributed by atoms with Crippen molar-refractivity contribution in [3.05, 3.63) is 97.1 Å². The smallest absolute Gasteiger partial charge is 0.247 e. The number of likely N-dealkylation sites (N-methyl/N-ethyl adjacent to an activating group) is 1. The molecule has 1 unspecified atom stereocenters. The highest BCUT2D eigenvalue weighted by Crippen LogP contribution is 2.40. The lowest BCUT2D eigenvalue weighted by molar-refractivity contribution is -0.129. The lowest BCUT2D eigenvalue weighted by Crippen LogP contribution is -2.48. The van der Waals surface area contributed by atoms with Crippen LogP contribution in [0.5, 0.6) is 5.75 Å². The predicted octanol–water partition coefficient (Wildman–Crippen LogP) is 5.32. The van der Waals surface area contributed by atoms with Crippen molar-refractivity contribution in [2.45, 2.75) is 12.5 Å². The van der Waals surface area contributed by atoms with Gasteiger partial charge in [0.05, 0.1) is 43.4 Å². The highest BCUT2D eigenvalue weighted by molar-refractivity contribution is 6.02. The number of hydrogen-bond donors (Lipinski definition) is 2. The number of methoxy groups -OCH3 is 1. The first-order valence-corrected chi connectivity index (χ1v) is 14.8. The minimum Gasteiger partial charge on any atom is -0.494 e. The molecule has 0 aliphatic carbocycles. The van der Waals surface area contributed by atoms with Crippen LogP contribution in [-0.2, 0) is 14.4 Å². The van der Waals surface area contributed by atoms with Gasteiger partial charge in [0.15, 0.2) is 5.82 Å². The number of carbonyl (C=O) groups excluding carboxylic acids is 2. The Morgan fingerprint density at radius 1 is 1.07 bits per heavy atom. The van der Waals surface area contributed by atoms with Gasteiger partial charge >= 0.3 is 0 Å². The van der Waals surface area contributed by atoms with Crippen molar-refractivity contribution >= 4 is 40.5 Å². The molecule has 12 heteroatoms. The van der Waals surface area contributed by atoms with Crippen LogP contribution in [0.2, 0.25) is 0 Å². The van der Waals surface area contributed by atoms with Gasteiger partial charge in [-0.3, -0.25) is 14.4 Å². The number of hydrogen-bond acceptors (Lipinski definition) is 9. The number of nitrogens with one attached hydrogen (secondary N) is 2. The minimum atomic E-state index is -0.388. The zero-order valence-corrected chi connectivity index (χ0v) is 25.6. The average Bonchev–Trinajstić information content (AvgIpc) is 3.57. The van der Waals surface area contributed by atoms with Crippen LogP contribution in [0.3, 0.4) is 0 Å². The van der Waals surface area contributed by atoms with E-state index in [1.165, 1.54) is 24.5 Å². The maximum Gasteiger partial charge on any atom is 0.247 e. The van der Waals surface area contributed by atoms with Crippen LogP contribution in [0.15, 0.2) is 85.7 Å². The molecule has 0 saturated carbocycles. The van der Waals surface area contributed by atoms with Crippen molar-refractivity contribution in [1.29, 1.82) is 0 Å². The quantitative estimate of drug-likeness (QED) is 0.239. The highest BCUT2D eigenvalue weighted by atomic mass is 19.1. The Balaban J connectivity index is 1.28. The molecule has 11 nitrogen and oxygen atoms in total. The van der Waals surface area contributed by atoms with E-state index >= 15 is 0 Å².